The number of hydrogen-bond acceptors (Lipinski definition) is 1. The average Bonchev–Trinajstić information content (AvgIpc) is 1.77. The van der Waals surface area contributed by atoms with Crippen molar-refractivity contribution in [1.29, 1.82) is 0 Å². The van der Waals surface area contributed by atoms with Crippen molar-refractivity contribution in [3.63, 3.8) is 0 Å². The number of rotatable bonds is 0. The molecule has 0 aromatic rings. The summed E-state index contributed by atoms with van der Waals surface area (Å²) in [6.07, 6.45) is 4.45. The summed E-state index contributed by atoms with van der Waals surface area (Å²) in [5.74, 6) is 0.712. The first kappa shape index (κ1) is 5.83. The number of hydrogen-bond donors (Lipinski definition) is 1. The van der Waals surface area contributed by atoms with Crippen LogP contribution in [-0.2, 0) is 0 Å². The fourth-order valence-corrected chi connectivity index (χ4v) is 0.889. The molecule has 0 aliphatic carbocycles. The van der Waals surface area contributed by atoms with Gasteiger partial charge in [0.15, 0.2) is 0 Å². The topological polar surface area (TPSA) is 12.0 Å². The quantitative estimate of drug-likeness (QED) is 0.463. The average molecular weight is 111 g/mol. The highest BCUT2D eigenvalue weighted by atomic mass is 14.9. The zero-order chi connectivity index (χ0) is 5.98. The highest BCUT2D eigenvalue weighted by Crippen LogP contribution is 2.06. The second kappa shape index (κ2) is 2.31. The molecule has 0 radical (unpaired) electrons. The maximum atomic E-state index is 3.34. The molecular weight excluding hydrogens is 98.1 g/mol. The van der Waals surface area contributed by atoms with Crippen molar-refractivity contribution in [2.75, 3.05) is 6.54 Å². The van der Waals surface area contributed by atoms with Crippen LogP contribution in [0.5, 0.6) is 0 Å². The van der Waals surface area contributed by atoms with Gasteiger partial charge in [-0.25, -0.2) is 0 Å². The molecule has 1 nitrogen and oxygen atoms in total. The first-order valence-electron chi connectivity index (χ1n) is 3.21. The summed E-state index contributed by atoms with van der Waals surface area (Å²) >= 11 is 0. The van der Waals surface area contributed by atoms with Crippen molar-refractivity contribution < 1.29 is 0 Å². The van der Waals surface area contributed by atoms with Gasteiger partial charge in [0.05, 0.1) is 0 Å². The van der Waals surface area contributed by atoms with Crippen molar-refractivity contribution in [3.05, 3.63) is 12.2 Å². The summed E-state index contributed by atoms with van der Waals surface area (Å²) < 4.78 is 0. The van der Waals surface area contributed by atoms with E-state index in [9.17, 15) is 0 Å². The molecule has 1 heterocycles. The molecule has 0 saturated carbocycles. The molecule has 8 heavy (non-hydrogen) atoms. The molecule has 1 aliphatic rings. The Morgan fingerprint density at radius 1 is 1.50 bits per heavy atom. The lowest BCUT2D eigenvalue weighted by Crippen LogP contribution is -2.34. The summed E-state index contributed by atoms with van der Waals surface area (Å²) in [5, 5.41) is 3.34. The van der Waals surface area contributed by atoms with Gasteiger partial charge >= 0.3 is 0 Å². The van der Waals surface area contributed by atoms with E-state index in [4.69, 9.17) is 0 Å². The maximum absolute atomic E-state index is 3.34. The smallest absolute Gasteiger partial charge is 0.0137 e. The Hall–Kier alpha value is -0.300. The zero-order valence-corrected chi connectivity index (χ0v) is 5.52. The van der Waals surface area contributed by atoms with Gasteiger partial charge in [-0.05, 0) is 12.8 Å². The first-order valence-corrected chi connectivity index (χ1v) is 3.21. The van der Waals surface area contributed by atoms with Crippen LogP contribution in [0.1, 0.15) is 13.8 Å². The van der Waals surface area contributed by atoms with E-state index in [1.165, 1.54) is 0 Å². The zero-order valence-electron chi connectivity index (χ0n) is 5.52. The molecule has 0 fully saturated rings. The van der Waals surface area contributed by atoms with Crippen LogP contribution in [0.3, 0.4) is 0 Å². The highest BCUT2D eigenvalue weighted by Gasteiger charge is 2.09. The van der Waals surface area contributed by atoms with Gasteiger partial charge in [-0.2, -0.15) is 0 Å². The third-order valence-electron chi connectivity index (χ3n) is 1.79. The Kier molecular flexibility index (Phi) is 1.69. The molecule has 2 atom stereocenters. The predicted molar refractivity (Wildman–Crippen MR) is 35.8 cm³/mol. The summed E-state index contributed by atoms with van der Waals surface area (Å²) in [7, 11) is 0. The lowest BCUT2D eigenvalue weighted by molar-refractivity contribution is 0.462. The van der Waals surface area contributed by atoms with Crippen LogP contribution >= 0.6 is 0 Å². The van der Waals surface area contributed by atoms with Crippen molar-refractivity contribution in [2.45, 2.75) is 19.9 Å². The Morgan fingerprint density at radius 2 is 2.25 bits per heavy atom. The number of nitrogens with one attached hydrogen (secondary N) is 1. The van der Waals surface area contributed by atoms with Crippen molar-refractivity contribution in [2.24, 2.45) is 5.92 Å². The van der Waals surface area contributed by atoms with Gasteiger partial charge in [0.2, 0.25) is 0 Å². The Balaban J connectivity index is 2.47. The first-order chi connectivity index (χ1) is 3.80. The van der Waals surface area contributed by atoms with Gasteiger partial charge in [0, 0.05) is 12.6 Å². The van der Waals surface area contributed by atoms with Crippen LogP contribution in [0.2, 0.25) is 0 Å². The van der Waals surface area contributed by atoms with E-state index in [1.54, 1.807) is 0 Å². The van der Waals surface area contributed by atoms with Gasteiger partial charge in [-0.15, -0.1) is 0 Å². The summed E-state index contributed by atoms with van der Waals surface area (Å²) in [4.78, 5) is 0. The maximum Gasteiger partial charge on any atom is 0.0137 e. The molecule has 0 aromatic heterocycles. The summed E-state index contributed by atoms with van der Waals surface area (Å²) in [6.45, 7) is 5.49. The molecule has 0 bridgehead atoms. The summed E-state index contributed by atoms with van der Waals surface area (Å²) in [5.41, 5.74) is 0. The fraction of sp³-hybridized carbons (Fsp3) is 0.714. The molecule has 1 aliphatic heterocycles. The second-order valence-corrected chi connectivity index (χ2v) is 2.48. The minimum absolute atomic E-state index is 0.667. The molecule has 46 valence electrons. The predicted octanol–water partition coefficient (Wildman–Crippen LogP) is 1.17. The minimum atomic E-state index is 0.667. The Bertz CT molecular complexity index is 96.6. The molecule has 0 saturated heterocycles. The fourth-order valence-electron chi connectivity index (χ4n) is 0.889. The van der Waals surface area contributed by atoms with Gasteiger partial charge in [0.25, 0.3) is 0 Å². The van der Waals surface area contributed by atoms with E-state index in [-0.39, 0.29) is 0 Å². The van der Waals surface area contributed by atoms with Crippen molar-refractivity contribution in [1.82, 2.24) is 5.32 Å². The van der Waals surface area contributed by atoms with Gasteiger partial charge in [-0.3, -0.25) is 0 Å². The van der Waals surface area contributed by atoms with Crippen LogP contribution in [0.4, 0.5) is 0 Å². The third-order valence-corrected chi connectivity index (χ3v) is 1.79. The third kappa shape index (κ3) is 1.10. The van der Waals surface area contributed by atoms with Gasteiger partial charge < -0.3 is 5.32 Å². The van der Waals surface area contributed by atoms with E-state index >= 15 is 0 Å². The molecule has 1 rings (SSSR count). The van der Waals surface area contributed by atoms with Gasteiger partial charge in [-0.1, -0.05) is 19.1 Å². The van der Waals surface area contributed by atoms with Crippen molar-refractivity contribution in [3.8, 4) is 0 Å². The second-order valence-electron chi connectivity index (χ2n) is 2.48. The molecule has 0 aromatic carbocycles. The lowest BCUT2D eigenvalue weighted by atomic mass is 10.0. The molecule has 0 spiro atoms. The lowest BCUT2D eigenvalue weighted by Gasteiger charge is -2.21. The van der Waals surface area contributed by atoms with Crippen LogP contribution in [0.15, 0.2) is 12.2 Å². The largest absolute Gasteiger partial charge is 0.310 e. The SMILES string of the molecule is C[C@@H]1C=CCN[C@@H]1C. The monoisotopic (exact) mass is 111 g/mol. The van der Waals surface area contributed by atoms with Crippen LogP contribution in [0, 0.1) is 5.92 Å². The van der Waals surface area contributed by atoms with Crippen LogP contribution < -0.4 is 5.32 Å². The van der Waals surface area contributed by atoms with Crippen LogP contribution in [-0.4, -0.2) is 12.6 Å². The van der Waals surface area contributed by atoms with E-state index in [1.807, 2.05) is 0 Å². The molecule has 0 amide bonds. The normalized spacial score (nSPS) is 37.8. The molecule has 1 heteroatoms. The minimum Gasteiger partial charge on any atom is -0.310 e. The van der Waals surface area contributed by atoms with Crippen LogP contribution in [0.25, 0.3) is 0 Å². The standard InChI is InChI=1S/C7H13N/c1-6-4-3-5-8-7(6)2/h3-4,6-8H,5H2,1-2H3/t6-,7-/m1/s1. The highest BCUT2D eigenvalue weighted by molar-refractivity contribution is 4.97. The molecule has 0 unspecified atom stereocenters. The Labute approximate surface area is 50.8 Å². The van der Waals surface area contributed by atoms with Gasteiger partial charge in [0.1, 0.15) is 0 Å². The van der Waals surface area contributed by atoms with E-state index in [2.05, 4.69) is 31.3 Å². The Morgan fingerprint density at radius 3 is 2.62 bits per heavy atom. The molecular formula is C7H13N. The van der Waals surface area contributed by atoms with E-state index < -0.39 is 0 Å². The van der Waals surface area contributed by atoms with E-state index in [0.29, 0.717) is 12.0 Å². The molecule has 1 N–H and O–H groups in total. The summed E-state index contributed by atoms with van der Waals surface area (Å²) in [6, 6.07) is 0.667. The van der Waals surface area contributed by atoms with Crippen molar-refractivity contribution >= 4 is 0 Å². The van der Waals surface area contributed by atoms with E-state index in [0.717, 1.165) is 6.54 Å².